The van der Waals surface area contributed by atoms with Crippen molar-refractivity contribution >= 4 is 26.7 Å². The van der Waals surface area contributed by atoms with Gasteiger partial charge in [0.05, 0.1) is 22.4 Å². The highest BCUT2D eigenvalue weighted by atomic mass is 32.1. The Hall–Kier alpha value is -1.34. The van der Waals surface area contributed by atoms with Crippen molar-refractivity contribution in [1.82, 2.24) is 4.98 Å². The molecule has 0 amide bonds. The monoisotopic (exact) mass is 318 g/mol. The summed E-state index contributed by atoms with van der Waals surface area (Å²) in [6.07, 6.45) is -4.34. The second-order valence-electron chi connectivity index (χ2n) is 5.09. The highest BCUT2D eigenvalue weighted by molar-refractivity contribution is 7.22. The highest BCUT2D eigenvalue weighted by Gasteiger charge is 2.30. The summed E-state index contributed by atoms with van der Waals surface area (Å²) >= 11 is 1.34. The number of rotatable bonds is 6. The maximum absolute atomic E-state index is 12.6. The first-order valence-corrected chi connectivity index (χ1v) is 7.47. The molecule has 2 rings (SSSR count). The quantitative estimate of drug-likeness (QED) is 0.802. The molecule has 1 N–H and O–H groups in total. The van der Waals surface area contributed by atoms with Crippen LogP contribution < -0.4 is 5.32 Å². The van der Waals surface area contributed by atoms with Crippen molar-refractivity contribution in [3.05, 3.63) is 23.8 Å². The molecule has 116 valence electrons. The second kappa shape index (κ2) is 6.62. The highest BCUT2D eigenvalue weighted by Crippen LogP contribution is 2.33. The van der Waals surface area contributed by atoms with E-state index in [-0.39, 0.29) is 0 Å². The molecule has 0 saturated heterocycles. The number of aromatic nitrogens is 1. The van der Waals surface area contributed by atoms with Crippen LogP contribution >= 0.6 is 11.3 Å². The molecule has 3 nitrogen and oxygen atoms in total. The molecule has 21 heavy (non-hydrogen) atoms. The Bertz CT molecular complexity index is 595. The van der Waals surface area contributed by atoms with Crippen molar-refractivity contribution in [1.29, 1.82) is 0 Å². The fourth-order valence-corrected chi connectivity index (χ4v) is 2.60. The predicted molar refractivity (Wildman–Crippen MR) is 78.8 cm³/mol. The number of ether oxygens (including phenoxy) is 1. The summed E-state index contributed by atoms with van der Waals surface area (Å²) < 4.78 is 44.0. The minimum absolute atomic E-state index is 0.362. The van der Waals surface area contributed by atoms with Gasteiger partial charge in [0.15, 0.2) is 5.13 Å². The average molecular weight is 318 g/mol. The molecule has 0 saturated carbocycles. The van der Waals surface area contributed by atoms with Crippen molar-refractivity contribution in [3.63, 3.8) is 0 Å². The smallest absolute Gasteiger partial charge is 0.379 e. The molecule has 1 aromatic carbocycles. The molecular formula is C14H17F3N2OS. The molecule has 1 heterocycles. The van der Waals surface area contributed by atoms with Crippen LogP contribution in [0.5, 0.6) is 0 Å². The van der Waals surface area contributed by atoms with Gasteiger partial charge in [-0.1, -0.05) is 25.2 Å². The number of hydrogen-bond donors (Lipinski definition) is 1. The number of alkyl halides is 3. The maximum atomic E-state index is 12.6. The fourth-order valence-electron chi connectivity index (χ4n) is 1.73. The molecule has 0 radical (unpaired) electrons. The molecular weight excluding hydrogens is 301 g/mol. The number of nitrogens with one attached hydrogen (secondary N) is 1. The van der Waals surface area contributed by atoms with Crippen LogP contribution in [0.4, 0.5) is 18.3 Å². The third-order valence-corrected chi connectivity index (χ3v) is 3.68. The normalized spacial score (nSPS) is 12.3. The summed E-state index contributed by atoms with van der Waals surface area (Å²) in [4.78, 5) is 4.17. The van der Waals surface area contributed by atoms with E-state index in [1.807, 2.05) is 0 Å². The largest absolute Gasteiger partial charge is 0.416 e. The van der Waals surface area contributed by atoms with Crippen LogP contribution in [0.1, 0.15) is 19.4 Å². The lowest BCUT2D eigenvalue weighted by molar-refractivity contribution is -0.137. The maximum Gasteiger partial charge on any atom is 0.416 e. The minimum atomic E-state index is -4.34. The van der Waals surface area contributed by atoms with Crippen LogP contribution in [0.15, 0.2) is 18.2 Å². The molecule has 0 bridgehead atoms. The lowest BCUT2D eigenvalue weighted by Gasteiger charge is -2.06. The molecule has 0 atom stereocenters. The van der Waals surface area contributed by atoms with Crippen LogP contribution in [0.3, 0.4) is 0 Å². The van der Waals surface area contributed by atoms with Crippen LogP contribution in [0.25, 0.3) is 10.2 Å². The summed E-state index contributed by atoms with van der Waals surface area (Å²) in [7, 11) is 0. The van der Waals surface area contributed by atoms with Gasteiger partial charge in [-0.2, -0.15) is 13.2 Å². The van der Waals surface area contributed by atoms with Gasteiger partial charge in [0, 0.05) is 13.2 Å². The Morgan fingerprint density at radius 3 is 2.76 bits per heavy atom. The first-order chi connectivity index (χ1) is 9.86. The van der Waals surface area contributed by atoms with E-state index < -0.39 is 11.7 Å². The Balaban J connectivity index is 1.96. The van der Waals surface area contributed by atoms with Crippen LogP contribution in [-0.4, -0.2) is 24.7 Å². The fraction of sp³-hybridized carbons (Fsp3) is 0.500. The number of hydrogen-bond acceptors (Lipinski definition) is 4. The first-order valence-electron chi connectivity index (χ1n) is 6.65. The van der Waals surface area contributed by atoms with E-state index in [0.717, 1.165) is 16.8 Å². The van der Waals surface area contributed by atoms with E-state index in [2.05, 4.69) is 24.1 Å². The van der Waals surface area contributed by atoms with Gasteiger partial charge >= 0.3 is 6.18 Å². The van der Waals surface area contributed by atoms with Gasteiger partial charge in [0.1, 0.15) is 0 Å². The van der Waals surface area contributed by atoms with Gasteiger partial charge in [-0.05, 0) is 24.1 Å². The van der Waals surface area contributed by atoms with Gasteiger partial charge in [-0.25, -0.2) is 4.98 Å². The number of thiazole rings is 1. The summed E-state index contributed by atoms with van der Waals surface area (Å²) in [6.45, 7) is 5.95. The third-order valence-electron chi connectivity index (χ3n) is 2.69. The van der Waals surface area contributed by atoms with Crippen molar-refractivity contribution < 1.29 is 17.9 Å². The molecule has 0 spiro atoms. The van der Waals surface area contributed by atoms with E-state index in [1.54, 1.807) is 0 Å². The van der Waals surface area contributed by atoms with E-state index in [4.69, 9.17) is 4.74 Å². The lowest BCUT2D eigenvalue weighted by atomic mass is 10.2. The first kappa shape index (κ1) is 16.0. The van der Waals surface area contributed by atoms with E-state index in [0.29, 0.717) is 36.3 Å². The molecule has 0 aliphatic rings. The zero-order valence-corrected chi connectivity index (χ0v) is 12.6. The van der Waals surface area contributed by atoms with Gasteiger partial charge < -0.3 is 10.1 Å². The Morgan fingerprint density at radius 1 is 1.33 bits per heavy atom. The summed E-state index contributed by atoms with van der Waals surface area (Å²) in [5, 5.41) is 3.68. The number of fused-ring (bicyclic) bond motifs is 1. The standard InChI is InChI=1S/C14H17F3N2OS/c1-9(2)8-20-6-5-18-13-19-11-7-10(14(15,16)17)3-4-12(11)21-13/h3-4,7,9H,5-6,8H2,1-2H3,(H,18,19). The van der Waals surface area contributed by atoms with Gasteiger partial charge in [0.2, 0.25) is 0 Å². The molecule has 0 aliphatic heterocycles. The Kier molecular flexibility index (Phi) is 5.05. The van der Waals surface area contributed by atoms with Gasteiger partial charge in [0.25, 0.3) is 0 Å². The van der Waals surface area contributed by atoms with Crippen molar-refractivity contribution in [2.45, 2.75) is 20.0 Å². The van der Waals surface area contributed by atoms with Crippen LogP contribution in [0.2, 0.25) is 0 Å². The van der Waals surface area contributed by atoms with Gasteiger partial charge in [-0.3, -0.25) is 0 Å². The topological polar surface area (TPSA) is 34.1 Å². The third kappa shape index (κ3) is 4.57. The molecule has 0 unspecified atom stereocenters. The summed E-state index contributed by atoms with van der Waals surface area (Å²) in [6, 6.07) is 3.61. The summed E-state index contributed by atoms with van der Waals surface area (Å²) in [5.41, 5.74) is -0.312. The molecule has 0 fully saturated rings. The number of halogens is 3. The predicted octanol–water partition coefficient (Wildman–Crippen LogP) is 4.40. The Morgan fingerprint density at radius 2 is 2.10 bits per heavy atom. The molecule has 2 aromatic rings. The zero-order valence-electron chi connectivity index (χ0n) is 11.8. The van der Waals surface area contributed by atoms with E-state index in [1.165, 1.54) is 17.4 Å². The minimum Gasteiger partial charge on any atom is -0.379 e. The van der Waals surface area contributed by atoms with E-state index >= 15 is 0 Å². The van der Waals surface area contributed by atoms with Crippen LogP contribution in [0, 0.1) is 5.92 Å². The molecule has 0 aliphatic carbocycles. The lowest BCUT2D eigenvalue weighted by Crippen LogP contribution is -2.11. The number of anilines is 1. The SMILES string of the molecule is CC(C)COCCNc1nc2cc(C(F)(F)F)ccc2s1. The van der Waals surface area contributed by atoms with E-state index in [9.17, 15) is 13.2 Å². The second-order valence-corrected chi connectivity index (χ2v) is 6.13. The summed E-state index contributed by atoms with van der Waals surface area (Å²) in [5.74, 6) is 0.480. The molecule has 1 aromatic heterocycles. The van der Waals surface area contributed by atoms with Crippen molar-refractivity contribution in [2.75, 3.05) is 25.1 Å². The van der Waals surface area contributed by atoms with Crippen LogP contribution in [-0.2, 0) is 10.9 Å². The zero-order chi connectivity index (χ0) is 15.5. The number of benzene rings is 1. The molecule has 7 heteroatoms. The average Bonchev–Trinajstić information content (AvgIpc) is 2.78. The number of nitrogens with zero attached hydrogens (tertiary/aromatic N) is 1. The van der Waals surface area contributed by atoms with Gasteiger partial charge in [-0.15, -0.1) is 0 Å². The van der Waals surface area contributed by atoms with Crippen molar-refractivity contribution in [3.8, 4) is 0 Å². The van der Waals surface area contributed by atoms with Crippen molar-refractivity contribution in [2.24, 2.45) is 5.92 Å². The Labute approximate surface area is 125 Å².